The van der Waals surface area contributed by atoms with E-state index in [4.69, 9.17) is 9.47 Å². The molecule has 1 saturated heterocycles. The van der Waals surface area contributed by atoms with E-state index in [0.29, 0.717) is 12.5 Å². The van der Waals surface area contributed by atoms with Crippen molar-refractivity contribution < 1.29 is 9.47 Å². The molecule has 1 aliphatic carbocycles. The smallest absolute Gasteiger partial charge is 0.124 e. The summed E-state index contributed by atoms with van der Waals surface area (Å²) in [5.41, 5.74) is 5.11. The molecule has 0 N–H and O–H groups in total. The van der Waals surface area contributed by atoms with Crippen LogP contribution < -0.4 is 4.74 Å². The second-order valence-corrected chi connectivity index (χ2v) is 6.19. The Morgan fingerprint density at radius 1 is 1.32 bits per heavy atom. The van der Waals surface area contributed by atoms with E-state index in [9.17, 15) is 0 Å². The minimum Gasteiger partial charge on any atom is -0.496 e. The number of rotatable bonds is 4. The molecule has 1 aromatic heterocycles. The molecule has 2 heterocycles. The van der Waals surface area contributed by atoms with E-state index in [-0.39, 0.29) is 0 Å². The zero-order valence-electron chi connectivity index (χ0n) is 12.9. The summed E-state index contributed by atoms with van der Waals surface area (Å²) in [5.74, 6) is 1.36. The van der Waals surface area contributed by atoms with Crippen LogP contribution in [-0.2, 0) is 24.1 Å². The van der Waals surface area contributed by atoms with Crippen molar-refractivity contribution in [2.75, 3.05) is 20.3 Å². The number of methoxy groups -OCH3 is 1. The van der Waals surface area contributed by atoms with Crippen LogP contribution in [0.15, 0.2) is 18.3 Å². The summed E-state index contributed by atoms with van der Waals surface area (Å²) in [4.78, 5) is 0. The van der Waals surface area contributed by atoms with Crippen LogP contribution in [0.1, 0.15) is 41.1 Å². The molecule has 5 heteroatoms. The molecule has 2 aromatic rings. The Labute approximate surface area is 130 Å². The van der Waals surface area contributed by atoms with Crippen molar-refractivity contribution in [3.8, 4) is 5.75 Å². The Morgan fingerprint density at radius 3 is 2.95 bits per heavy atom. The monoisotopic (exact) mass is 299 g/mol. The molecule has 2 aliphatic rings. The van der Waals surface area contributed by atoms with E-state index in [2.05, 4.69) is 22.4 Å². The van der Waals surface area contributed by atoms with Gasteiger partial charge in [0.1, 0.15) is 5.75 Å². The van der Waals surface area contributed by atoms with Crippen molar-refractivity contribution in [3.05, 3.63) is 40.7 Å². The van der Waals surface area contributed by atoms with Gasteiger partial charge in [-0.3, -0.25) is 0 Å². The predicted molar refractivity (Wildman–Crippen MR) is 82.3 cm³/mol. The minimum absolute atomic E-state index is 0.399. The van der Waals surface area contributed by atoms with Crippen molar-refractivity contribution in [2.24, 2.45) is 0 Å². The first-order chi connectivity index (χ1) is 10.8. The maximum absolute atomic E-state index is 5.57. The maximum Gasteiger partial charge on any atom is 0.124 e. The molecule has 1 atom stereocenters. The average molecular weight is 299 g/mol. The Kier molecular flexibility index (Phi) is 3.58. The highest BCUT2D eigenvalue weighted by Crippen LogP contribution is 2.30. The van der Waals surface area contributed by atoms with Gasteiger partial charge in [0.05, 0.1) is 26.0 Å². The van der Waals surface area contributed by atoms with Gasteiger partial charge in [-0.15, -0.1) is 5.10 Å². The van der Waals surface area contributed by atoms with Gasteiger partial charge < -0.3 is 9.47 Å². The number of aromatic nitrogens is 3. The van der Waals surface area contributed by atoms with Gasteiger partial charge in [-0.1, -0.05) is 5.21 Å². The third-order valence-electron chi connectivity index (χ3n) is 4.73. The van der Waals surface area contributed by atoms with Gasteiger partial charge in [-0.25, -0.2) is 4.68 Å². The topological polar surface area (TPSA) is 49.2 Å². The molecule has 116 valence electrons. The molecule has 4 rings (SSSR count). The van der Waals surface area contributed by atoms with E-state index < -0.39 is 0 Å². The molecule has 1 aromatic carbocycles. The van der Waals surface area contributed by atoms with Crippen LogP contribution in [0.5, 0.6) is 5.75 Å². The van der Waals surface area contributed by atoms with Crippen molar-refractivity contribution in [1.29, 1.82) is 0 Å². The molecule has 0 radical (unpaired) electrons. The fourth-order valence-corrected chi connectivity index (χ4v) is 3.49. The average Bonchev–Trinajstić information content (AvgIpc) is 3.27. The SMILES string of the molecule is COc1cc2c(cc1Cn1cc(C3CCOC3)nn1)CCC2. The summed E-state index contributed by atoms with van der Waals surface area (Å²) in [5, 5.41) is 8.60. The van der Waals surface area contributed by atoms with Crippen molar-refractivity contribution in [3.63, 3.8) is 0 Å². The Hall–Kier alpha value is -1.88. The molecule has 22 heavy (non-hydrogen) atoms. The lowest BCUT2D eigenvalue weighted by atomic mass is 10.0. The zero-order chi connectivity index (χ0) is 14.9. The summed E-state index contributed by atoms with van der Waals surface area (Å²) in [6.07, 6.45) is 6.68. The largest absolute Gasteiger partial charge is 0.496 e. The molecule has 1 aliphatic heterocycles. The normalized spacial score (nSPS) is 20.3. The van der Waals surface area contributed by atoms with Crippen LogP contribution >= 0.6 is 0 Å². The minimum atomic E-state index is 0.399. The van der Waals surface area contributed by atoms with Crippen molar-refractivity contribution in [2.45, 2.75) is 38.1 Å². The van der Waals surface area contributed by atoms with E-state index in [1.54, 1.807) is 7.11 Å². The lowest BCUT2D eigenvalue weighted by Crippen LogP contribution is -2.04. The van der Waals surface area contributed by atoms with E-state index in [1.165, 1.54) is 36.0 Å². The summed E-state index contributed by atoms with van der Waals surface area (Å²) < 4.78 is 12.9. The maximum atomic E-state index is 5.57. The number of nitrogens with zero attached hydrogens (tertiary/aromatic N) is 3. The summed E-state index contributed by atoms with van der Waals surface area (Å²) in [6.45, 7) is 2.30. The molecule has 5 nitrogen and oxygen atoms in total. The second-order valence-electron chi connectivity index (χ2n) is 6.19. The third kappa shape index (κ3) is 2.50. The molecule has 1 unspecified atom stereocenters. The molecule has 1 fully saturated rings. The Balaban J connectivity index is 1.58. The fourth-order valence-electron chi connectivity index (χ4n) is 3.49. The van der Waals surface area contributed by atoms with Crippen LogP contribution in [0.2, 0.25) is 0 Å². The molecular weight excluding hydrogens is 278 g/mol. The van der Waals surface area contributed by atoms with Crippen LogP contribution in [0.4, 0.5) is 0 Å². The Bertz CT molecular complexity index is 675. The highest BCUT2D eigenvalue weighted by Gasteiger charge is 2.21. The number of hydrogen-bond acceptors (Lipinski definition) is 4. The second kappa shape index (κ2) is 5.72. The molecular formula is C17H21N3O2. The molecule has 0 saturated carbocycles. The standard InChI is InChI=1S/C17H21N3O2/c1-21-17-8-13-4-2-3-12(13)7-15(17)9-20-10-16(18-19-20)14-5-6-22-11-14/h7-8,10,14H,2-6,9,11H2,1H3. The number of fused-ring (bicyclic) bond motifs is 1. The van der Waals surface area contributed by atoms with Crippen LogP contribution in [0.3, 0.4) is 0 Å². The third-order valence-corrected chi connectivity index (χ3v) is 4.73. The highest BCUT2D eigenvalue weighted by atomic mass is 16.5. The van der Waals surface area contributed by atoms with E-state index >= 15 is 0 Å². The number of aryl methyl sites for hydroxylation is 2. The fraction of sp³-hybridized carbons (Fsp3) is 0.529. The van der Waals surface area contributed by atoms with Gasteiger partial charge in [0.2, 0.25) is 0 Å². The molecule has 0 amide bonds. The first-order valence-electron chi connectivity index (χ1n) is 8.00. The lowest BCUT2D eigenvalue weighted by Gasteiger charge is -2.11. The summed E-state index contributed by atoms with van der Waals surface area (Å²) >= 11 is 0. The Morgan fingerprint density at radius 2 is 2.18 bits per heavy atom. The molecule has 0 spiro atoms. The van der Waals surface area contributed by atoms with Gasteiger partial charge in [0, 0.05) is 24.3 Å². The van der Waals surface area contributed by atoms with Gasteiger partial charge in [0.15, 0.2) is 0 Å². The van der Waals surface area contributed by atoms with Crippen molar-refractivity contribution in [1.82, 2.24) is 15.0 Å². The quantitative estimate of drug-likeness (QED) is 0.869. The first kappa shape index (κ1) is 13.8. The lowest BCUT2D eigenvalue weighted by molar-refractivity contribution is 0.193. The van der Waals surface area contributed by atoms with E-state index in [1.807, 2.05) is 10.9 Å². The summed E-state index contributed by atoms with van der Waals surface area (Å²) in [6, 6.07) is 4.47. The van der Waals surface area contributed by atoms with Gasteiger partial charge in [0.25, 0.3) is 0 Å². The zero-order valence-corrected chi connectivity index (χ0v) is 12.9. The van der Waals surface area contributed by atoms with Gasteiger partial charge in [-0.05, 0) is 48.9 Å². The van der Waals surface area contributed by atoms with Crippen LogP contribution in [0.25, 0.3) is 0 Å². The van der Waals surface area contributed by atoms with Crippen LogP contribution in [-0.4, -0.2) is 35.3 Å². The number of hydrogen-bond donors (Lipinski definition) is 0. The van der Waals surface area contributed by atoms with E-state index in [0.717, 1.165) is 31.1 Å². The van der Waals surface area contributed by atoms with Gasteiger partial charge in [-0.2, -0.15) is 0 Å². The molecule has 0 bridgehead atoms. The van der Waals surface area contributed by atoms with Crippen molar-refractivity contribution >= 4 is 0 Å². The highest BCUT2D eigenvalue weighted by molar-refractivity contribution is 5.44. The first-order valence-corrected chi connectivity index (χ1v) is 8.00. The number of benzene rings is 1. The predicted octanol–water partition coefficient (Wildman–Crippen LogP) is 2.33. The summed E-state index contributed by atoms with van der Waals surface area (Å²) in [7, 11) is 1.74. The van der Waals surface area contributed by atoms with Gasteiger partial charge >= 0.3 is 0 Å². The number of ether oxygens (including phenoxy) is 2. The van der Waals surface area contributed by atoms with Crippen LogP contribution in [0, 0.1) is 0 Å².